The maximum absolute atomic E-state index is 6.00. The molecule has 0 bridgehead atoms. The van der Waals surface area contributed by atoms with Gasteiger partial charge >= 0.3 is 0 Å². The molecule has 0 saturated carbocycles. The standard InChI is InChI=1S/C18H24N2O/c1-4-9-20-15(3)17-7-5-6-8-18(17)21-13-16-10-14(2)11-19-12-16/h5-8,10-12,15,20H,4,9,13H2,1-3H3. The van der Waals surface area contributed by atoms with E-state index in [1.54, 1.807) is 0 Å². The van der Waals surface area contributed by atoms with Crippen molar-refractivity contribution in [1.29, 1.82) is 0 Å². The van der Waals surface area contributed by atoms with Crippen molar-refractivity contribution in [2.45, 2.75) is 39.8 Å². The van der Waals surface area contributed by atoms with Crippen LogP contribution in [0.1, 0.15) is 43.0 Å². The van der Waals surface area contributed by atoms with E-state index in [0.29, 0.717) is 6.61 Å². The Morgan fingerprint density at radius 1 is 1.24 bits per heavy atom. The lowest BCUT2D eigenvalue weighted by molar-refractivity contribution is 0.299. The molecule has 112 valence electrons. The Kier molecular flexibility index (Phi) is 5.76. The first kappa shape index (κ1) is 15.5. The number of hydrogen-bond acceptors (Lipinski definition) is 3. The van der Waals surface area contributed by atoms with Crippen molar-refractivity contribution in [2.24, 2.45) is 0 Å². The average molecular weight is 284 g/mol. The van der Waals surface area contributed by atoms with Crippen molar-refractivity contribution in [3.63, 3.8) is 0 Å². The summed E-state index contributed by atoms with van der Waals surface area (Å²) >= 11 is 0. The Hall–Kier alpha value is -1.87. The van der Waals surface area contributed by atoms with Crippen LogP contribution in [0.25, 0.3) is 0 Å². The summed E-state index contributed by atoms with van der Waals surface area (Å²) < 4.78 is 6.00. The summed E-state index contributed by atoms with van der Waals surface area (Å²) in [5.74, 6) is 0.940. The Balaban J connectivity index is 2.06. The molecule has 0 aliphatic carbocycles. The maximum Gasteiger partial charge on any atom is 0.124 e. The monoisotopic (exact) mass is 284 g/mol. The summed E-state index contributed by atoms with van der Waals surface area (Å²) in [5.41, 5.74) is 3.45. The van der Waals surface area contributed by atoms with Crippen molar-refractivity contribution >= 4 is 0 Å². The summed E-state index contributed by atoms with van der Waals surface area (Å²) in [6, 6.07) is 10.6. The van der Waals surface area contributed by atoms with Gasteiger partial charge in [0.15, 0.2) is 0 Å². The molecule has 0 amide bonds. The lowest BCUT2D eigenvalue weighted by Crippen LogP contribution is -2.20. The maximum atomic E-state index is 6.00. The number of para-hydroxylation sites is 1. The minimum Gasteiger partial charge on any atom is -0.489 e. The molecular weight excluding hydrogens is 260 g/mol. The molecule has 3 heteroatoms. The van der Waals surface area contributed by atoms with E-state index in [-0.39, 0.29) is 6.04 Å². The van der Waals surface area contributed by atoms with Crippen LogP contribution in [0.15, 0.2) is 42.7 Å². The van der Waals surface area contributed by atoms with Gasteiger partial charge in [-0.3, -0.25) is 4.98 Å². The van der Waals surface area contributed by atoms with Crippen LogP contribution in [-0.4, -0.2) is 11.5 Å². The lowest BCUT2D eigenvalue weighted by atomic mass is 10.1. The largest absolute Gasteiger partial charge is 0.489 e. The number of rotatable bonds is 7. The summed E-state index contributed by atoms with van der Waals surface area (Å²) in [5, 5.41) is 3.50. The van der Waals surface area contributed by atoms with Gasteiger partial charge in [0.1, 0.15) is 12.4 Å². The van der Waals surface area contributed by atoms with Gasteiger partial charge in [-0.15, -0.1) is 0 Å². The highest BCUT2D eigenvalue weighted by Gasteiger charge is 2.10. The van der Waals surface area contributed by atoms with E-state index in [9.17, 15) is 0 Å². The van der Waals surface area contributed by atoms with E-state index in [2.05, 4.69) is 42.3 Å². The highest BCUT2D eigenvalue weighted by Crippen LogP contribution is 2.25. The predicted molar refractivity (Wildman–Crippen MR) is 86.5 cm³/mol. The summed E-state index contributed by atoms with van der Waals surface area (Å²) in [6.07, 6.45) is 4.84. The first-order valence-corrected chi connectivity index (χ1v) is 7.56. The molecule has 1 aromatic heterocycles. The van der Waals surface area contributed by atoms with Crippen LogP contribution in [-0.2, 0) is 6.61 Å². The van der Waals surface area contributed by atoms with Gasteiger partial charge in [0.05, 0.1) is 0 Å². The zero-order valence-electron chi connectivity index (χ0n) is 13.1. The molecule has 1 aromatic carbocycles. The van der Waals surface area contributed by atoms with Gasteiger partial charge < -0.3 is 10.1 Å². The normalized spacial score (nSPS) is 12.1. The third-order valence-electron chi connectivity index (χ3n) is 3.41. The van der Waals surface area contributed by atoms with Crippen molar-refractivity contribution in [3.8, 4) is 5.75 Å². The molecule has 0 saturated heterocycles. The van der Waals surface area contributed by atoms with Crippen molar-refractivity contribution in [2.75, 3.05) is 6.54 Å². The van der Waals surface area contributed by atoms with E-state index in [1.165, 1.54) is 5.56 Å². The minimum absolute atomic E-state index is 0.289. The van der Waals surface area contributed by atoms with Crippen LogP contribution in [0.2, 0.25) is 0 Å². The van der Waals surface area contributed by atoms with Gasteiger partial charge in [-0.2, -0.15) is 0 Å². The third kappa shape index (κ3) is 4.57. The van der Waals surface area contributed by atoms with Crippen LogP contribution in [0, 0.1) is 6.92 Å². The second-order valence-electron chi connectivity index (χ2n) is 5.37. The molecule has 3 nitrogen and oxygen atoms in total. The second-order valence-corrected chi connectivity index (χ2v) is 5.37. The van der Waals surface area contributed by atoms with Crippen LogP contribution < -0.4 is 10.1 Å². The van der Waals surface area contributed by atoms with E-state index >= 15 is 0 Å². The molecular formula is C18H24N2O. The van der Waals surface area contributed by atoms with Gasteiger partial charge in [0, 0.05) is 29.6 Å². The summed E-state index contributed by atoms with van der Waals surface area (Å²) in [7, 11) is 0. The van der Waals surface area contributed by atoms with Crippen molar-refractivity contribution < 1.29 is 4.74 Å². The van der Waals surface area contributed by atoms with Gasteiger partial charge in [-0.25, -0.2) is 0 Å². The predicted octanol–water partition coefficient (Wildman–Crippen LogP) is 4.03. The van der Waals surface area contributed by atoms with Gasteiger partial charge in [-0.05, 0) is 44.5 Å². The highest BCUT2D eigenvalue weighted by atomic mass is 16.5. The van der Waals surface area contributed by atoms with E-state index < -0.39 is 0 Å². The Bertz CT molecular complexity index is 569. The van der Waals surface area contributed by atoms with E-state index in [0.717, 1.165) is 29.8 Å². The molecule has 1 atom stereocenters. The number of hydrogen-bond donors (Lipinski definition) is 1. The minimum atomic E-state index is 0.289. The molecule has 21 heavy (non-hydrogen) atoms. The smallest absolute Gasteiger partial charge is 0.124 e. The van der Waals surface area contributed by atoms with Crippen LogP contribution in [0.4, 0.5) is 0 Å². The van der Waals surface area contributed by atoms with Crippen LogP contribution >= 0.6 is 0 Å². The zero-order chi connectivity index (χ0) is 15.1. The molecule has 0 aliphatic rings. The fourth-order valence-corrected chi connectivity index (χ4v) is 2.30. The molecule has 0 spiro atoms. The number of aryl methyl sites for hydroxylation is 1. The topological polar surface area (TPSA) is 34.1 Å². The lowest BCUT2D eigenvalue weighted by Gasteiger charge is -2.18. The van der Waals surface area contributed by atoms with Crippen molar-refractivity contribution in [3.05, 3.63) is 59.4 Å². The number of aromatic nitrogens is 1. The number of benzene rings is 1. The van der Waals surface area contributed by atoms with E-state index in [4.69, 9.17) is 4.74 Å². The highest BCUT2D eigenvalue weighted by molar-refractivity contribution is 5.35. The van der Waals surface area contributed by atoms with Gasteiger partial charge in [-0.1, -0.05) is 25.1 Å². The van der Waals surface area contributed by atoms with Gasteiger partial charge in [0.25, 0.3) is 0 Å². The number of ether oxygens (including phenoxy) is 1. The van der Waals surface area contributed by atoms with Crippen molar-refractivity contribution in [1.82, 2.24) is 10.3 Å². The molecule has 0 aliphatic heterocycles. The Morgan fingerprint density at radius 3 is 2.81 bits per heavy atom. The van der Waals surface area contributed by atoms with Gasteiger partial charge in [0.2, 0.25) is 0 Å². The number of pyridine rings is 1. The Morgan fingerprint density at radius 2 is 2.05 bits per heavy atom. The number of nitrogens with zero attached hydrogens (tertiary/aromatic N) is 1. The summed E-state index contributed by atoms with van der Waals surface area (Å²) in [4.78, 5) is 4.20. The zero-order valence-corrected chi connectivity index (χ0v) is 13.1. The molecule has 2 rings (SSSR count). The number of nitrogens with one attached hydrogen (secondary N) is 1. The fraction of sp³-hybridized carbons (Fsp3) is 0.389. The molecule has 0 fully saturated rings. The van der Waals surface area contributed by atoms with Crippen LogP contribution in [0.5, 0.6) is 5.75 Å². The third-order valence-corrected chi connectivity index (χ3v) is 3.41. The molecule has 1 unspecified atom stereocenters. The average Bonchev–Trinajstić information content (AvgIpc) is 2.51. The first-order chi connectivity index (χ1) is 10.2. The van der Waals surface area contributed by atoms with Crippen LogP contribution in [0.3, 0.4) is 0 Å². The quantitative estimate of drug-likeness (QED) is 0.833. The fourth-order valence-electron chi connectivity index (χ4n) is 2.30. The first-order valence-electron chi connectivity index (χ1n) is 7.56. The second kappa shape index (κ2) is 7.79. The SMILES string of the molecule is CCCNC(C)c1ccccc1OCc1cncc(C)c1. The van der Waals surface area contributed by atoms with E-state index in [1.807, 2.05) is 31.5 Å². The Labute approximate surface area is 127 Å². The molecule has 2 aromatic rings. The molecule has 1 heterocycles. The summed E-state index contributed by atoms with van der Waals surface area (Å²) in [6.45, 7) is 7.95. The molecule has 0 radical (unpaired) electrons. The molecule has 1 N–H and O–H groups in total.